The molecule has 25 heavy (non-hydrogen) atoms. The Morgan fingerprint density at radius 2 is 1.88 bits per heavy atom. The Morgan fingerprint density at radius 3 is 2.56 bits per heavy atom. The first-order valence-electron chi connectivity index (χ1n) is 7.33. The number of hydrogen-bond donors (Lipinski definition) is 3. The molecule has 2 amide bonds. The summed E-state index contributed by atoms with van der Waals surface area (Å²) in [6.45, 7) is 3.62. The molecule has 0 radical (unpaired) electrons. The molecule has 0 fully saturated rings. The summed E-state index contributed by atoms with van der Waals surface area (Å²) in [7, 11) is 0. The van der Waals surface area contributed by atoms with Crippen molar-refractivity contribution in [3.05, 3.63) is 70.7 Å². The van der Waals surface area contributed by atoms with Gasteiger partial charge < -0.3 is 10.4 Å². The Bertz CT molecular complexity index is 817. The van der Waals surface area contributed by atoms with Crippen LogP contribution in [0.3, 0.4) is 0 Å². The van der Waals surface area contributed by atoms with Crippen molar-refractivity contribution in [3.63, 3.8) is 0 Å². The average molecular weight is 402 g/mol. The number of para-hydroxylation sites is 1. The minimum atomic E-state index is -0.916. The highest BCUT2D eigenvalue weighted by Gasteiger charge is 2.12. The monoisotopic (exact) mass is 401 g/mol. The number of nitrogens with one attached hydrogen (secondary N) is 2. The van der Waals surface area contributed by atoms with Crippen molar-refractivity contribution in [2.75, 3.05) is 5.32 Å². The van der Waals surface area contributed by atoms with E-state index < -0.39 is 11.8 Å². The van der Waals surface area contributed by atoms with Gasteiger partial charge in [-0.1, -0.05) is 34.1 Å². The molecule has 0 unspecified atom stereocenters. The summed E-state index contributed by atoms with van der Waals surface area (Å²) in [5.74, 6) is -1.70. The van der Waals surface area contributed by atoms with Gasteiger partial charge in [0, 0.05) is 15.7 Å². The van der Waals surface area contributed by atoms with Gasteiger partial charge in [0.05, 0.1) is 6.21 Å². The number of phenolic OH excluding ortho intramolecular Hbond substituents is 1. The summed E-state index contributed by atoms with van der Waals surface area (Å²) in [5.41, 5.74) is 3.72. The first-order chi connectivity index (χ1) is 12.0. The van der Waals surface area contributed by atoms with Crippen molar-refractivity contribution in [2.24, 2.45) is 5.10 Å². The molecule has 128 valence electrons. The van der Waals surface area contributed by atoms with Crippen LogP contribution in [-0.4, -0.2) is 23.1 Å². The van der Waals surface area contributed by atoms with Crippen molar-refractivity contribution >= 4 is 39.6 Å². The second-order valence-corrected chi connectivity index (χ2v) is 5.92. The lowest BCUT2D eigenvalue weighted by molar-refractivity contribution is -0.136. The highest BCUT2D eigenvalue weighted by Crippen LogP contribution is 2.21. The van der Waals surface area contributed by atoms with Crippen LogP contribution in [0.5, 0.6) is 5.75 Å². The van der Waals surface area contributed by atoms with Gasteiger partial charge in [-0.15, -0.1) is 6.58 Å². The molecule has 0 aliphatic carbocycles. The maximum Gasteiger partial charge on any atom is 0.329 e. The van der Waals surface area contributed by atoms with Crippen molar-refractivity contribution in [1.82, 2.24) is 5.43 Å². The fraction of sp³-hybridized carbons (Fsp3) is 0.0556. The fourth-order valence-electron chi connectivity index (χ4n) is 1.97. The number of carbonyl (C=O) groups excluding carboxylic acids is 2. The van der Waals surface area contributed by atoms with Crippen LogP contribution < -0.4 is 10.7 Å². The molecule has 0 saturated carbocycles. The molecule has 0 spiro atoms. The molecular formula is C18H16BrN3O3. The molecule has 0 atom stereocenters. The molecular weight excluding hydrogens is 386 g/mol. The first kappa shape index (κ1) is 18.4. The van der Waals surface area contributed by atoms with E-state index in [2.05, 4.69) is 38.4 Å². The van der Waals surface area contributed by atoms with Gasteiger partial charge in [-0.3, -0.25) is 9.59 Å². The van der Waals surface area contributed by atoms with E-state index >= 15 is 0 Å². The van der Waals surface area contributed by atoms with E-state index in [-0.39, 0.29) is 5.75 Å². The summed E-state index contributed by atoms with van der Waals surface area (Å²) in [4.78, 5) is 23.5. The second kappa shape index (κ2) is 8.79. The first-order valence-corrected chi connectivity index (χ1v) is 8.12. The van der Waals surface area contributed by atoms with Gasteiger partial charge >= 0.3 is 11.8 Å². The number of hydrazone groups is 1. The van der Waals surface area contributed by atoms with E-state index in [9.17, 15) is 14.7 Å². The zero-order valence-corrected chi connectivity index (χ0v) is 14.8. The van der Waals surface area contributed by atoms with E-state index in [1.807, 2.05) is 0 Å². The lowest BCUT2D eigenvalue weighted by Gasteiger charge is -2.05. The highest BCUT2D eigenvalue weighted by atomic mass is 79.9. The van der Waals surface area contributed by atoms with Crippen molar-refractivity contribution in [3.8, 4) is 5.75 Å². The Balaban J connectivity index is 1.96. The maximum absolute atomic E-state index is 11.8. The van der Waals surface area contributed by atoms with Crippen LogP contribution in [0.25, 0.3) is 0 Å². The number of halogens is 1. The molecule has 0 bridgehead atoms. The molecule has 0 aliphatic rings. The molecule has 2 aromatic rings. The number of phenols is 1. The number of nitrogens with zero attached hydrogens (tertiary/aromatic N) is 1. The number of carbonyl (C=O) groups is 2. The van der Waals surface area contributed by atoms with Gasteiger partial charge in [-0.05, 0) is 42.3 Å². The molecule has 0 aromatic heterocycles. The fourth-order valence-corrected chi connectivity index (χ4v) is 2.23. The van der Waals surface area contributed by atoms with Gasteiger partial charge in [-0.25, -0.2) is 5.43 Å². The quantitative estimate of drug-likeness (QED) is 0.311. The number of anilines is 1. The SMILES string of the molecule is C=CCc1cccc(/C=N/NC(=O)C(=O)Nc2ccc(Br)cc2)c1O. The Labute approximate surface area is 153 Å². The highest BCUT2D eigenvalue weighted by molar-refractivity contribution is 9.10. The number of aromatic hydroxyl groups is 1. The maximum atomic E-state index is 11.8. The standard InChI is InChI=1S/C18H16BrN3O3/c1-2-4-12-5-3-6-13(16(12)23)11-20-22-18(25)17(24)21-15-9-7-14(19)8-10-15/h2-3,5-11,23H,1,4H2,(H,21,24)(H,22,25)/b20-11+. The van der Waals surface area contributed by atoms with Crippen LogP contribution >= 0.6 is 15.9 Å². The van der Waals surface area contributed by atoms with Crippen LogP contribution in [0, 0.1) is 0 Å². The third kappa shape index (κ3) is 5.29. The van der Waals surface area contributed by atoms with Crippen LogP contribution in [0.1, 0.15) is 11.1 Å². The molecule has 3 N–H and O–H groups in total. The summed E-state index contributed by atoms with van der Waals surface area (Å²) in [6.07, 6.45) is 3.45. The zero-order chi connectivity index (χ0) is 18.2. The average Bonchev–Trinajstić information content (AvgIpc) is 2.60. The molecule has 7 heteroatoms. The van der Waals surface area contributed by atoms with Crippen LogP contribution in [-0.2, 0) is 16.0 Å². The molecule has 2 aromatic carbocycles. The second-order valence-electron chi connectivity index (χ2n) is 5.01. The summed E-state index contributed by atoms with van der Waals surface area (Å²) in [6, 6.07) is 11.9. The number of rotatable bonds is 5. The third-order valence-corrected chi connectivity index (χ3v) is 3.72. The zero-order valence-electron chi connectivity index (χ0n) is 13.2. The van der Waals surface area contributed by atoms with Crippen molar-refractivity contribution in [1.29, 1.82) is 0 Å². The lowest BCUT2D eigenvalue weighted by Crippen LogP contribution is -2.32. The molecule has 0 heterocycles. The van der Waals surface area contributed by atoms with Gasteiger partial charge in [0.25, 0.3) is 0 Å². The van der Waals surface area contributed by atoms with E-state index in [0.717, 1.165) is 4.47 Å². The normalized spacial score (nSPS) is 10.4. The Morgan fingerprint density at radius 1 is 1.16 bits per heavy atom. The topological polar surface area (TPSA) is 90.8 Å². The van der Waals surface area contributed by atoms with E-state index in [0.29, 0.717) is 23.2 Å². The van der Waals surface area contributed by atoms with Crippen LogP contribution in [0.15, 0.2) is 64.7 Å². The van der Waals surface area contributed by atoms with Crippen LogP contribution in [0.4, 0.5) is 5.69 Å². The predicted octanol–water partition coefficient (Wildman–Crippen LogP) is 2.97. The van der Waals surface area contributed by atoms with Crippen molar-refractivity contribution < 1.29 is 14.7 Å². The van der Waals surface area contributed by atoms with Gasteiger partial charge in [0.1, 0.15) is 5.75 Å². The Hall–Kier alpha value is -2.93. The van der Waals surface area contributed by atoms with Crippen molar-refractivity contribution in [2.45, 2.75) is 6.42 Å². The summed E-state index contributed by atoms with van der Waals surface area (Å²) in [5, 5.41) is 16.2. The van der Waals surface area contributed by atoms with E-state index in [1.54, 1.807) is 48.5 Å². The van der Waals surface area contributed by atoms with Crippen LogP contribution in [0.2, 0.25) is 0 Å². The van der Waals surface area contributed by atoms with E-state index in [1.165, 1.54) is 6.21 Å². The van der Waals surface area contributed by atoms with Gasteiger partial charge in [0.15, 0.2) is 0 Å². The summed E-state index contributed by atoms with van der Waals surface area (Å²) < 4.78 is 0.859. The minimum Gasteiger partial charge on any atom is -0.507 e. The molecule has 0 aliphatic heterocycles. The number of benzene rings is 2. The molecule has 6 nitrogen and oxygen atoms in total. The van der Waals surface area contributed by atoms with Gasteiger partial charge in [0.2, 0.25) is 0 Å². The summed E-state index contributed by atoms with van der Waals surface area (Å²) >= 11 is 3.28. The van der Waals surface area contributed by atoms with Gasteiger partial charge in [-0.2, -0.15) is 5.10 Å². The number of allylic oxidation sites excluding steroid dienone is 1. The largest absolute Gasteiger partial charge is 0.507 e. The number of hydrogen-bond acceptors (Lipinski definition) is 4. The smallest absolute Gasteiger partial charge is 0.329 e. The molecule has 2 rings (SSSR count). The molecule has 0 saturated heterocycles. The minimum absolute atomic E-state index is 0.0553. The Kier molecular flexibility index (Phi) is 6.47. The van der Waals surface area contributed by atoms with E-state index in [4.69, 9.17) is 0 Å². The number of amides is 2. The third-order valence-electron chi connectivity index (χ3n) is 3.19. The predicted molar refractivity (Wildman–Crippen MR) is 101 cm³/mol. The lowest BCUT2D eigenvalue weighted by atomic mass is 10.1.